The van der Waals surface area contributed by atoms with Gasteiger partial charge in [0.2, 0.25) is 11.8 Å². The zero-order valence-corrected chi connectivity index (χ0v) is 24.7. The Morgan fingerprint density at radius 1 is 0.872 bits per heavy atom. The second-order valence-electron chi connectivity index (χ2n) is 11.0. The molecule has 0 fully saturated rings. The number of hydrogen-bond acceptors (Lipinski definition) is 4. The van der Waals surface area contributed by atoms with Crippen molar-refractivity contribution in [1.29, 1.82) is 0 Å². The van der Waals surface area contributed by atoms with Gasteiger partial charge >= 0.3 is 0 Å². The van der Waals surface area contributed by atoms with Crippen molar-refractivity contribution in [2.45, 2.75) is 71.5 Å². The van der Waals surface area contributed by atoms with Crippen LogP contribution in [0.1, 0.15) is 49.9 Å². The van der Waals surface area contributed by atoms with Gasteiger partial charge in [0.15, 0.2) is 0 Å². The van der Waals surface area contributed by atoms with E-state index in [1.807, 2.05) is 71.9 Å². The first kappa shape index (κ1) is 29.9. The van der Waals surface area contributed by atoms with E-state index >= 15 is 0 Å². The molecule has 0 spiro atoms. The Bertz CT molecular complexity index is 1410. The van der Waals surface area contributed by atoms with Crippen LogP contribution < -0.4 is 9.62 Å². The molecule has 1 unspecified atom stereocenters. The minimum atomic E-state index is -4.09. The van der Waals surface area contributed by atoms with E-state index in [1.165, 1.54) is 17.0 Å². The summed E-state index contributed by atoms with van der Waals surface area (Å²) in [5.74, 6) is -0.790. The molecule has 0 aliphatic heterocycles. The summed E-state index contributed by atoms with van der Waals surface area (Å²) in [6.45, 7) is 12.7. The van der Waals surface area contributed by atoms with Crippen molar-refractivity contribution >= 4 is 27.5 Å². The van der Waals surface area contributed by atoms with Crippen LogP contribution in [0.2, 0.25) is 0 Å². The average molecular weight is 550 g/mol. The topological polar surface area (TPSA) is 86.8 Å². The standard InChI is InChI=1S/C31H39N3O4S/c1-22-17-23(2)19-27(18-22)34(39(37,38)28-15-9-8-10-16-28)21-29(35)33(20-26-14-12-11-13-24(26)3)25(4)30(36)32-31(5,6)7/h8-19,25H,20-21H2,1-7H3,(H,32,36). The van der Waals surface area contributed by atoms with Gasteiger partial charge in [0, 0.05) is 12.1 Å². The molecule has 0 radical (unpaired) electrons. The van der Waals surface area contributed by atoms with Crippen LogP contribution >= 0.6 is 0 Å². The molecule has 0 aliphatic carbocycles. The van der Waals surface area contributed by atoms with Gasteiger partial charge in [-0.15, -0.1) is 0 Å². The first-order valence-electron chi connectivity index (χ1n) is 13.0. The van der Waals surface area contributed by atoms with Crippen LogP contribution in [0.5, 0.6) is 0 Å². The summed E-state index contributed by atoms with van der Waals surface area (Å²) in [6, 6.07) is 20.3. The molecule has 0 aromatic heterocycles. The van der Waals surface area contributed by atoms with Crippen LogP contribution in [0.25, 0.3) is 0 Å². The van der Waals surface area contributed by atoms with E-state index in [0.29, 0.717) is 5.69 Å². The molecule has 39 heavy (non-hydrogen) atoms. The lowest BCUT2D eigenvalue weighted by Gasteiger charge is -2.34. The zero-order valence-electron chi connectivity index (χ0n) is 23.9. The fourth-order valence-electron chi connectivity index (χ4n) is 4.37. The smallest absolute Gasteiger partial charge is 0.264 e. The molecule has 1 N–H and O–H groups in total. The van der Waals surface area contributed by atoms with E-state index in [0.717, 1.165) is 26.6 Å². The highest BCUT2D eigenvalue weighted by molar-refractivity contribution is 7.92. The van der Waals surface area contributed by atoms with Crippen LogP contribution in [0, 0.1) is 20.8 Å². The van der Waals surface area contributed by atoms with Gasteiger partial charge in [-0.2, -0.15) is 0 Å². The lowest BCUT2D eigenvalue weighted by atomic mass is 10.1. The Balaban J connectivity index is 2.07. The second kappa shape index (κ2) is 12.0. The van der Waals surface area contributed by atoms with E-state index in [2.05, 4.69) is 5.32 Å². The zero-order chi connectivity index (χ0) is 29.0. The van der Waals surface area contributed by atoms with E-state index in [4.69, 9.17) is 0 Å². The fourth-order valence-corrected chi connectivity index (χ4v) is 5.79. The van der Waals surface area contributed by atoms with Crippen molar-refractivity contribution in [3.63, 3.8) is 0 Å². The number of aryl methyl sites for hydroxylation is 3. The third-order valence-electron chi connectivity index (χ3n) is 6.37. The van der Waals surface area contributed by atoms with Crippen LogP contribution in [0.15, 0.2) is 77.7 Å². The van der Waals surface area contributed by atoms with Crippen LogP contribution in [-0.4, -0.2) is 43.3 Å². The third kappa shape index (κ3) is 7.69. The number of benzene rings is 3. The Kier molecular flexibility index (Phi) is 9.22. The second-order valence-corrected chi connectivity index (χ2v) is 12.9. The maximum absolute atomic E-state index is 14.0. The Labute approximate surface area is 232 Å². The van der Waals surface area contributed by atoms with E-state index < -0.39 is 34.1 Å². The first-order valence-corrected chi connectivity index (χ1v) is 14.4. The summed E-state index contributed by atoms with van der Waals surface area (Å²) in [5.41, 5.74) is 3.50. The van der Waals surface area contributed by atoms with E-state index in [-0.39, 0.29) is 17.3 Å². The highest BCUT2D eigenvalue weighted by atomic mass is 32.2. The monoisotopic (exact) mass is 549 g/mol. The molecule has 0 aliphatic rings. The summed E-state index contributed by atoms with van der Waals surface area (Å²) in [4.78, 5) is 28.8. The van der Waals surface area contributed by atoms with Gasteiger partial charge in [-0.05, 0) is 95.0 Å². The molecule has 3 aromatic carbocycles. The molecule has 8 heteroatoms. The largest absolute Gasteiger partial charge is 0.350 e. The molecule has 0 saturated heterocycles. The molecule has 208 valence electrons. The van der Waals surface area contributed by atoms with Gasteiger partial charge in [0.05, 0.1) is 10.6 Å². The van der Waals surface area contributed by atoms with Crippen molar-refractivity contribution in [3.05, 3.63) is 95.1 Å². The number of carbonyl (C=O) groups is 2. The molecular formula is C31H39N3O4S. The van der Waals surface area contributed by atoms with E-state index in [1.54, 1.807) is 37.3 Å². The number of nitrogens with zero attached hydrogens (tertiary/aromatic N) is 2. The summed E-state index contributed by atoms with van der Waals surface area (Å²) in [7, 11) is -4.09. The Morgan fingerprint density at radius 3 is 2.00 bits per heavy atom. The molecule has 3 aromatic rings. The number of amides is 2. The SMILES string of the molecule is Cc1cc(C)cc(N(CC(=O)N(Cc2ccccc2C)C(C)C(=O)NC(C)(C)C)S(=O)(=O)c2ccccc2)c1. The van der Waals surface area contributed by atoms with Gasteiger partial charge in [0.1, 0.15) is 12.6 Å². The molecule has 0 saturated carbocycles. The maximum atomic E-state index is 14.0. The summed E-state index contributed by atoms with van der Waals surface area (Å²) >= 11 is 0. The highest BCUT2D eigenvalue weighted by Crippen LogP contribution is 2.27. The summed E-state index contributed by atoms with van der Waals surface area (Å²) in [5, 5.41) is 2.95. The average Bonchev–Trinajstić information content (AvgIpc) is 2.85. The first-order chi connectivity index (χ1) is 18.2. The minimum absolute atomic E-state index is 0.0842. The number of sulfonamides is 1. The van der Waals surface area contributed by atoms with Gasteiger partial charge in [-0.3, -0.25) is 13.9 Å². The predicted octanol–water partition coefficient (Wildman–Crippen LogP) is 5.14. The molecule has 2 amide bonds. The van der Waals surface area contributed by atoms with Gasteiger partial charge in [-0.25, -0.2) is 8.42 Å². The van der Waals surface area contributed by atoms with Crippen molar-refractivity contribution in [2.24, 2.45) is 0 Å². The van der Waals surface area contributed by atoms with Gasteiger partial charge in [0.25, 0.3) is 10.0 Å². The maximum Gasteiger partial charge on any atom is 0.264 e. The van der Waals surface area contributed by atoms with Gasteiger partial charge < -0.3 is 10.2 Å². The Hall–Kier alpha value is -3.65. The number of hydrogen-bond donors (Lipinski definition) is 1. The molecule has 3 rings (SSSR count). The van der Waals surface area contributed by atoms with Crippen LogP contribution in [-0.2, 0) is 26.2 Å². The molecule has 0 heterocycles. The normalized spacial score (nSPS) is 12.5. The number of rotatable bonds is 9. The fraction of sp³-hybridized carbons (Fsp3) is 0.355. The van der Waals surface area contributed by atoms with Crippen molar-refractivity contribution < 1.29 is 18.0 Å². The summed E-state index contributed by atoms with van der Waals surface area (Å²) < 4.78 is 28.9. The molecule has 1 atom stereocenters. The predicted molar refractivity (Wildman–Crippen MR) is 156 cm³/mol. The highest BCUT2D eigenvalue weighted by Gasteiger charge is 2.33. The van der Waals surface area contributed by atoms with E-state index in [9.17, 15) is 18.0 Å². The van der Waals surface area contributed by atoms with Crippen molar-refractivity contribution in [1.82, 2.24) is 10.2 Å². The van der Waals surface area contributed by atoms with Gasteiger partial charge in [-0.1, -0.05) is 48.5 Å². The third-order valence-corrected chi connectivity index (χ3v) is 8.16. The molecule has 7 nitrogen and oxygen atoms in total. The van der Waals surface area contributed by atoms with Crippen molar-refractivity contribution in [2.75, 3.05) is 10.8 Å². The molecular weight excluding hydrogens is 510 g/mol. The quantitative estimate of drug-likeness (QED) is 0.401. The number of carbonyl (C=O) groups excluding carboxylic acids is 2. The summed E-state index contributed by atoms with van der Waals surface area (Å²) in [6.07, 6.45) is 0. The number of anilines is 1. The lowest BCUT2D eigenvalue weighted by Crippen LogP contribution is -2.54. The lowest BCUT2D eigenvalue weighted by molar-refractivity contribution is -0.140. The van der Waals surface area contributed by atoms with Crippen LogP contribution in [0.4, 0.5) is 5.69 Å². The molecule has 0 bridgehead atoms. The van der Waals surface area contributed by atoms with Crippen LogP contribution in [0.3, 0.4) is 0 Å². The Morgan fingerprint density at radius 2 is 1.44 bits per heavy atom. The minimum Gasteiger partial charge on any atom is -0.350 e. The van der Waals surface area contributed by atoms with Crippen molar-refractivity contribution in [3.8, 4) is 0 Å². The number of nitrogens with one attached hydrogen (secondary N) is 1.